The Balaban J connectivity index is 0.000000926. The first-order valence-electron chi connectivity index (χ1n) is 12.0. The molecule has 2 aromatic rings. The molecular formula is C28H28BBr2ClF4O2. The fourth-order valence-electron chi connectivity index (χ4n) is 3.56. The highest BCUT2D eigenvalue weighted by Crippen LogP contribution is 2.34. The minimum atomic E-state index is -6.00. The Bertz CT molecular complexity index is 1200. The fourth-order valence-corrected chi connectivity index (χ4v) is 4.40. The highest BCUT2D eigenvalue weighted by Gasteiger charge is 2.20. The second kappa shape index (κ2) is 16.1. The molecule has 0 N–H and O–H groups in total. The summed E-state index contributed by atoms with van der Waals surface area (Å²) in [6, 6.07) is 16.3. The molecule has 3 rings (SSSR count). The van der Waals surface area contributed by atoms with Gasteiger partial charge in [0.25, 0.3) is 6.61 Å². The molecule has 1 aliphatic rings. The maximum Gasteiger partial charge on any atom is 0.673 e. The summed E-state index contributed by atoms with van der Waals surface area (Å²) in [4.78, 5) is 0. The first kappa shape index (κ1) is 32.1. The Hall–Kier alpha value is -2.10. The van der Waals surface area contributed by atoms with Crippen molar-refractivity contribution in [3.05, 3.63) is 109 Å². The number of hydrogen-bond acceptors (Lipinski definition) is 1. The topological polar surface area (TPSA) is 20.5 Å². The Kier molecular flexibility index (Phi) is 13.6. The molecule has 2 nitrogen and oxygen atoms in total. The van der Waals surface area contributed by atoms with Crippen LogP contribution in [-0.2, 0) is 4.74 Å². The SMILES string of the molecule is CCO/C(=C/C=C1\CCCC(/C=C/C(=[O+]CC)c2ccc(Br)cc2)=C1Cl)c1ccc(Br)cc1.F[B-](F)(F)F. The second-order valence-corrected chi connectivity index (χ2v) is 10.2. The predicted octanol–water partition coefficient (Wildman–Crippen LogP) is 10.5. The van der Waals surface area contributed by atoms with Gasteiger partial charge >= 0.3 is 13.0 Å². The normalized spacial score (nSPS) is 16.1. The number of carbonyl (C=O) groups excluding carboxylic acids is 1. The Morgan fingerprint density at radius 3 is 2.03 bits per heavy atom. The molecule has 0 saturated heterocycles. The number of allylic oxidation sites excluding steroid dienone is 7. The van der Waals surface area contributed by atoms with Gasteiger partial charge in [0.2, 0.25) is 0 Å². The lowest BCUT2D eigenvalue weighted by molar-refractivity contribution is -0.261. The lowest BCUT2D eigenvalue weighted by atomic mass is 9.93. The number of ether oxygens (including phenoxy) is 1. The molecule has 1 aliphatic carbocycles. The van der Waals surface area contributed by atoms with Gasteiger partial charge in [0.05, 0.1) is 12.2 Å². The first-order valence-corrected chi connectivity index (χ1v) is 14.0. The molecule has 0 aliphatic heterocycles. The van der Waals surface area contributed by atoms with E-state index in [-0.39, 0.29) is 0 Å². The molecule has 2 aromatic carbocycles. The van der Waals surface area contributed by atoms with Crippen LogP contribution >= 0.6 is 43.5 Å². The molecule has 0 fully saturated rings. The number of hydrogen-bond donors (Lipinski definition) is 0. The second-order valence-electron chi connectivity index (χ2n) is 7.99. The monoisotopic (exact) mass is 676 g/mol. The van der Waals surface area contributed by atoms with E-state index in [9.17, 15) is 17.3 Å². The molecule has 0 radical (unpaired) electrons. The maximum absolute atomic E-state index is 9.75. The molecule has 10 heteroatoms. The highest BCUT2D eigenvalue weighted by molar-refractivity contribution is 9.10. The minimum absolute atomic E-state index is 0.606. The summed E-state index contributed by atoms with van der Waals surface area (Å²) in [5.41, 5.74) is 4.33. The predicted molar refractivity (Wildman–Crippen MR) is 157 cm³/mol. The van der Waals surface area contributed by atoms with Gasteiger partial charge in [-0.1, -0.05) is 61.7 Å². The van der Waals surface area contributed by atoms with Crippen molar-refractivity contribution in [2.45, 2.75) is 33.1 Å². The van der Waals surface area contributed by atoms with Crippen LogP contribution in [0.15, 0.2) is 98.0 Å². The van der Waals surface area contributed by atoms with Crippen LogP contribution in [0.25, 0.3) is 5.76 Å². The van der Waals surface area contributed by atoms with Gasteiger partial charge in [-0.3, -0.25) is 4.42 Å². The lowest BCUT2D eigenvalue weighted by Crippen LogP contribution is -2.02. The van der Waals surface area contributed by atoms with Gasteiger partial charge in [-0.05, 0) is 85.9 Å². The smallest absolute Gasteiger partial charge is 0.493 e. The van der Waals surface area contributed by atoms with Crippen LogP contribution in [0, 0.1) is 0 Å². The quantitative estimate of drug-likeness (QED) is 0.0680. The van der Waals surface area contributed by atoms with E-state index in [1.165, 1.54) is 0 Å². The summed E-state index contributed by atoms with van der Waals surface area (Å²) in [6.07, 6.45) is 11.2. The van der Waals surface area contributed by atoms with E-state index in [2.05, 4.69) is 44.0 Å². The standard InChI is InChI=1S/C28H28Br2ClO2.BF4/c1-3-32-26(20-8-14-24(29)15-9-20)18-12-22-6-5-7-23(28(22)31)13-19-27(33-4-2)21-10-16-25(30)17-11-21;2-1(3,4)5/h8-19H,3-7H2,1-2H3;/q+1;-1/b18-12+,23-13+,27-19+;. The van der Waals surface area contributed by atoms with Crippen molar-refractivity contribution in [2.75, 3.05) is 13.2 Å². The van der Waals surface area contributed by atoms with Gasteiger partial charge in [0.15, 0.2) is 0 Å². The average Bonchev–Trinajstić information content (AvgIpc) is 2.86. The molecule has 204 valence electrons. The molecule has 0 spiro atoms. The van der Waals surface area contributed by atoms with Crippen LogP contribution < -0.4 is 0 Å². The third kappa shape index (κ3) is 11.7. The van der Waals surface area contributed by atoms with Gasteiger partial charge in [-0.25, -0.2) is 0 Å². The van der Waals surface area contributed by atoms with Crippen LogP contribution in [0.5, 0.6) is 0 Å². The molecule has 0 amide bonds. The molecule has 0 saturated carbocycles. The van der Waals surface area contributed by atoms with E-state index in [0.29, 0.717) is 13.2 Å². The third-order valence-electron chi connectivity index (χ3n) is 5.19. The summed E-state index contributed by atoms with van der Waals surface area (Å²) in [5.74, 6) is 1.68. The summed E-state index contributed by atoms with van der Waals surface area (Å²) < 4.78 is 52.9. The van der Waals surface area contributed by atoms with E-state index >= 15 is 0 Å². The molecule has 0 atom stereocenters. The molecule has 0 bridgehead atoms. The van der Waals surface area contributed by atoms with Crippen LogP contribution in [-0.4, -0.2) is 26.3 Å². The molecule has 38 heavy (non-hydrogen) atoms. The van der Waals surface area contributed by atoms with Crippen LogP contribution in [0.4, 0.5) is 17.3 Å². The van der Waals surface area contributed by atoms with Gasteiger partial charge in [0, 0.05) is 32.5 Å². The minimum Gasteiger partial charge on any atom is -0.493 e. The number of benzene rings is 2. The zero-order valence-electron chi connectivity index (χ0n) is 21.0. The van der Waals surface area contributed by atoms with E-state index < -0.39 is 7.25 Å². The Morgan fingerprint density at radius 1 is 0.947 bits per heavy atom. The van der Waals surface area contributed by atoms with Crippen LogP contribution in [0.3, 0.4) is 0 Å². The summed E-state index contributed by atoms with van der Waals surface area (Å²) in [7, 11) is -6.00. The summed E-state index contributed by atoms with van der Waals surface area (Å²) >= 11 is 13.8. The maximum atomic E-state index is 9.75. The first-order chi connectivity index (χ1) is 18.0. The van der Waals surface area contributed by atoms with Gasteiger partial charge < -0.3 is 22.0 Å². The molecular weight excluding hydrogens is 650 g/mol. The van der Waals surface area contributed by atoms with E-state index in [1.807, 2.05) is 74.5 Å². The van der Waals surface area contributed by atoms with Crippen molar-refractivity contribution in [1.82, 2.24) is 0 Å². The van der Waals surface area contributed by atoms with Gasteiger partial charge in [0.1, 0.15) is 5.76 Å². The van der Waals surface area contributed by atoms with Crippen LogP contribution in [0.2, 0.25) is 0 Å². The molecule has 0 aromatic heterocycles. The average molecular weight is 679 g/mol. The highest BCUT2D eigenvalue weighted by atomic mass is 79.9. The van der Waals surface area contributed by atoms with Crippen molar-refractivity contribution < 1.29 is 26.4 Å². The van der Waals surface area contributed by atoms with Crippen molar-refractivity contribution in [3.8, 4) is 0 Å². The zero-order chi connectivity index (χ0) is 28.1. The number of ketones is 1. The fraction of sp³-hybridized carbons (Fsp3) is 0.250. The molecule has 0 heterocycles. The van der Waals surface area contributed by atoms with Gasteiger partial charge in [-0.15, -0.1) is 0 Å². The largest absolute Gasteiger partial charge is 0.673 e. The lowest BCUT2D eigenvalue weighted by Gasteiger charge is -2.16. The van der Waals surface area contributed by atoms with Crippen molar-refractivity contribution in [2.24, 2.45) is 0 Å². The van der Waals surface area contributed by atoms with Crippen molar-refractivity contribution in [1.29, 1.82) is 0 Å². The summed E-state index contributed by atoms with van der Waals surface area (Å²) in [5, 5.41) is 0.812. The van der Waals surface area contributed by atoms with E-state index in [4.69, 9.17) is 20.8 Å². The molecule has 0 unspecified atom stereocenters. The number of halogens is 7. The van der Waals surface area contributed by atoms with E-state index in [0.717, 1.165) is 67.1 Å². The van der Waals surface area contributed by atoms with Crippen molar-refractivity contribution in [3.63, 3.8) is 0 Å². The van der Waals surface area contributed by atoms with E-state index in [1.54, 1.807) is 0 Å². The Morgan fingerprint density at radius 2 is 1.50 bits per heavy atom. The van der Waals surface area contributed by atoms with Gasteiger partial charge in [-0.2, -0.15) is 0 Å². The zero-order valence-corrected chi connectivity index (χ0v) is 24.9. The number of rotatable bonds is 8. The Labute approximate surface area is 243 Å². The third-order valence-corrected chi connectivity index (χ3v) is 6.73. The van der Waals surface area contributed by atoms with Crippen molar-refractivity contribution >= 4 is 62.3 Å². The summed E-state index contributed by atoms with van der Waals surface area (Å²) in [6.45, 7) is 5.20. The van der Waals surface area contributed by atoms with Crippen LogP contribution in [0.1, 0.15) is 48.7 Å².